The summed E-state index contributed by atoms with van der Waals surface area (Å²) in [4.78, 5) is 5.14. The number of piperidine rings is 1. The molecule has 0 aliphatic carbocycles. The molecule has 0 spiro atoms. The monoisotopic (exact) mass is 226 g/mol. The zero-order valence-electron chi connectivity index (χ0n) is 11.7. The SMILES string of the molecule is CCCCN(C)CC1CCN(C(C)C)CC1. The highest BCUT2D eigenvalue weighted by Crippen LogP contribution is 2.19. The molecule has 0 saturated carbocycles. The molecule has 0 unspecified atom stereocenters. The molecule has 16 heavy (non-hydrogen) atoms. The summed E-state index contributed by atoms with van der Waals surface area (Å²) >= 11 is 0. The standard InChI is InChI=1S/C14H30N2/c1-5-6-9-15(4)12-14-7-10-16(11-8-14)13(2)3/h13-14H,5-12H2,1-4H3. The quantitative estimate of drug-likeness (QED) is 0.687. The van der Waals surface area contributed by atoms with Gasteiger partial charge in [-0.2, -0.15) is 0 Å². The lowest BCUT2D eigenvalue weighted by Gasteiger charge is -2.36. The Hall–Kier alpha value is -0.0800. The van der Waals surface area contributed by atoms with Crippen LogP contribution in [0.3, 0.4) is 0 Å². The molecule has 0 N–H and O–H groups in total. The van der Waals surface area contributed by atoms with Gasteiger partial charge in [-0.05, 0) is 65.7 Å². The van der Waals surface area contributed by atoms with Crippen LogP contribution in [0, 0.1) is 5.92 Å². The lowest BCUT2D eigenvalue weighted by atomic mass is 9.95. The summed E-state index contributed by atoms with van der Waals surface area (Å²) in [6.07, 6.45) is 5.46. The van der Waals surface area contributed by atoms with Gasteiger partial charge in [0.2, 0.25) is 0 Å². The van der Waals surface area contributed by atoms with Gasteiger partial charge in [-0.25, -0.2) is 0 Å². The van der Waals surface area contributed by atoms with Gasteiger partial charge >= 0.3 is 0 Å². The van der Waals surface area contributed by atoms with Crippen molar-refractivity contribution in [2.24, 2.45) is 5.92 Å². The maximum atomic E-state index is 2.61. The maximum absolute atomic E-state index is 2.61. The second kappa shape index (κ2) is 7.29. The molecular weight excluding hydrogens is 196 g/mol. The minimum absolute atomic E-state index is 0.735. The molecule has 1 aliphatic rings. The average molecular weight is 226 g/mol. The van der Waals surface area contributed by atoms with E-state index in [1.54, 1.807) is 0 Å². The van der Waals surface area contributed by atoms with Crippen LogP contribution in [-0.2, 0) is 0 Å². The Morgan fingerprint density at radius 2 is 1.88 bits per heavy atom. The summed E-state index contributed by atoms with van der Waals surface area (Å²) < 4.78 is 0. The third kappa shape index (κ3) is 4.84. The van der Waals surface area contributed by atoms with Crippen LogP contribution < -0.4 is 0 Å². The molecule has 2 heteroatoms. The van der Waals surface area contributed by atoms with Crippen molar-refractivity contribution in [3.63, 3.8) is 0 Å². The fourth-order valence-electron chi connectivity index (χ4n) is 2.61. The van der Waals surface area contributed by atoms with Crippen LogP contribution in [0.25, 0.3) is 0 Å². The molecule has 0 aromatic carbocycles. The number of rotatable bonds is 6. The molecule has 0 amide bonds. The first kappa shape index (κ1) is 14.0. The Bertz CT molecular complexity index is 172. The summed E-state index contributed by atoms with van der Waals surface area (Å²) in [5.41, 5.74) is 0. The highest BCUT2D eigenvalue weighted by atomic mass is 15.2. The van der Waals surface area contributed by atoms with Gasteiger partial charge in [0.1, 0.15) is 0 Å². The fraction of sp³-hybridized carbons (Fsp3) is 1.00. The molecule has 1 heterocycles. The van der Waals surface area contributed by atoms with Crippen molar-refractivity contribution in [3.8, 4) is 0 Å². The van der Waals surface area contributed by atoms with E-state index in [0.29, 0.717) is 0 Å². The van der Waals surface area contributed by atoms with Crippen LogP contribution >= 0.6 is 0 Å². The van der Waals surface area contributed by atoms with Gasteiger partial charge in [0.15, 0.2) is 0 Å². The van der Waals surface area contributed by atoms with Gasteiger partial charge in [0.25, 0.3) is 0 Å². The summed E-state index contributed by atoms with van der Waals surface area (Å²) in [5, 5.41) is 0. The van der Waals surface area contributed by atoms with E-state index in [2.05, 4.69) is 37.6 Å². The Morgan fingerprint density at radius 3 is 2.38 bits per heavy atom. The van der Waals surface area contributed by atoms with Gasteiger partial charge in [0.05, 0.1) is 0 Å². The number of nitrogens with zero attached hydrogens (tertiary/aromatic N) is 2. The van der Waals surface area contributed by atoms with Crippen LogP contribution in [0.2, 0.25) is 0 Å². The van der Waals surface area contributed by atoms with E-state index in [1.807, 2.05) is 0 Å². The van der Waals surface area contributed by atoms with Crippen LogP contribution in [0.15, 0.2) is 0 Å². The average Bonchev–Trinajstić information content (AvgIpc) is 2.27. The predicted octanol–water partition coefficient (Wildman–Crippen LogP) is 2.84. The molecule has 96 valence electrons. The third-order valence-corrected chi connectivity index (χ3v) is 3.84. The van der Waals surface area contributed by atoms with E-state index in [-0.39, 0.29) is 0 Å². The minimum Gasteiger partial charge on any atom is -0.306 e. The largest absolute Gasteiger partial charge is 0.306 e. The van der Waals surface area contributed by atoms with E-state index in [0.717, 1.165) is 12.0 Å². The first-order chi connectivity index (χ1) is 7.63. The van der Waals surface area contributed by atoms with Gasteiger partial charge in [-0.15, -0.1) is 0 Å². The molecule has 1 saturated heterocycles. The van der Waals surface area contributed by atoms with Gasteiger partial charge in [-0.1, -0.05) is 13.3 Å². The number of hydrogen-bond acceptors (Lipinski definition) is 2. The summed E-state index contributed by atoms with van der Waals surface area (Å²) in [7, 11) is 2.28. The van der Waals surface area contributed by atoms with Crippen molar-refractivity contribution in [3.05, 3.63) is 0 Å². The van der Waals surface area contributed by atoms with Crippen LogP contribution in [0.4, 0.5) is 0 Å². The Balaban J connectivity index is 2.16. The molecule has 1 fully saturated rings. The summed E-state index contributed by atoms with van der Waals surface area (Å²) in [6.45, 7) is 12.1. The van der Waals surface area contributed by atoms with Crippen LogP contribution in [-0.4, -0.2) is 49.1 Å². The third-order valence-electron chi connectivity index (χ3n) is 3.84. The van der Waals surface area contributed by atoms with E-state index in [1.165, 1.54) is 51.9 Å². The van der Waals surface area contributed by atoms with Crippen molar-refractivity contribution < 1.29 is 0 Å². The number of likely N-dealkylation sites (tertiary alicyclic amines) is 1. The minimum atomic E-state index is 0.735. The topological polar surface area (TPSA) is 6.48 Å². The zero-order chi connectivity index (χ0) is 12.0. The van der Waals surface area contributed by atoms with Gasteiger partial charge in [-0.3, -0.25) is 0 Å². The van der Waals surface area contributed by atoms with Crippen molar-refractivity contribution in [1.82, 2.24) is 9.80 Å². The number of unbranched alkanes of at least 4 members (excludes halogenated alkanes) is 1. The van der Waals surface area contributed by atoms with Gasteiger partial charge < -0.3 is 9.80 Å². The lowest BCUT2D eigenvalue weighted by Crippen LogP contribution is -2.41. The van der Waals surface area contributed by atoms with Crippen molar-refractivity contribution in [2.45, 2.75) is 52.5 Å². The van der Waals surface area contributed by atoms with Crippen LogP contribution in [0.1, 0.15) is 46.5 Å². The normalized spacial score (nSPS) is 19.9. The molecule has 1 aliphatic heterocycles. The molecule has 0 aromatic rings. The second-order valence-corrected chi connectivity index (χ2v) is 5.69. The highest BCUT2D eigenvalue weighted by Gasteiger charge is 2.21. The highest BCUT2D eigenvalue weighted by molar-refractivity contribution is 4.76. The molecular formula is C14H30N2. The summed E-state index contributed by atoms with van der Waals surface area (Å²) in [6, 6.07) is 0.735. The van der Waals surface area contributed by atoms with Crippen LogP contribution in [0.5, 0.6) is 0 Å². The molecule has 0 bridgehead atoms. The van der Waals surface area contributed by atoms with E-state index >= 15 is 0 Å². The Labute approximate surface area is 102 Å². The van der Waals surface area contributed by atoms with E-state index in [4.69, 9.17) is 0 Å². The number of hydrogen-bond donors (Lipinski definition) is 0. The smallest absolute Gasteiger partial charge is 0.00385 e. The van der Waals surface area contributed by atoms with Gasteiger partial charge in [0, 0.05) is 12.6 Å². The summed E-state index contributed by atoms with van der Waals surface area (Å²) in [5.74, 6) is 0.942. The second-order valence-electron chi connectivity index (χ2n) is 5.69. The lowest BCUT2D eigenvalue weighted by molar-refractivity contribution is 0.128. The Morgan fingerprint density at radius 1 is 1.25 bits per heavy atom. The predicted molar refractivity (Wildman–Crippen MR) is 71.8 cm³/mol. The first-order valence-electron chi connectivity index (χ1n) is 7.06. The van der Waals surface area contributed by atoms with Crippen molar-refractivity contribution in [2.75, 3.05) is 33.2 Å². The van der Waals surface area contributed by atoms with Crippen molar-refractivity contribution >= 4 is 0 Å². The van der Waals surface area contributed by atoms with E-state index < -0.39 is 0 Å². The first-order valence-corrected chi connectivity index (χ1v) is 7.06. The maximum Gasteiger partial charge on any atom is 0.00385 e. The zero-order valence-corrected chi connectivity index (χ0v) is 11.7. The molecule has 2 nitrogen and oxygen atoms in total. The molecule has 0 atom stereocenters. The fourth-order valence-corrected chi connectivity index (χ4v) is 2.61. The molecule has 0 aromatic heterocycles. The molecule has 0 radical (unpaired) electrons. The van der Waals surface area contributed by atoms with Crippen molar-refractivity contribution in [1.29, 1.82) is 0 Å². The Kier molecular flexibility index (Phi) is 6.37. The molecule has 1 rings (SSSR count). The van der Waals surface area contributed by atoms with E-state index in [9.17, 15) is 0 Å².